The van der Waals surface area contributed by atoms with Crippen LogP contribution in [0.2, 0.25) is 0 Å². The first-order chi connectivity index (χ1) is 6.69. The summed E-state index contributed by atoms with van der Waals surface area (Å²) < 4.78 is 9.62. The van der Waals surface area contributed by atoms with E-state index in [-0.39, 0.29) is 5.16 Å². The molecular formula is C9H10ClNO3. The van der Waals surface area contributed by atoms with Crippen molar-refractivity contribution in [3.8, 4) is 0 Å². The highest BCUT2D eigenvalue weighted by atomic mass is 35.5. The summed E-state index contributed by atoms with van der Waals surface area (Å²) in [5, 5.41) is 0.278. The van der Waals surface area contributed by atoms with E-state index in [1.165, 1.54) is 26.5 Å². The molecule has 0 saturated carbocycles. The molecular weight excluding hydrogens is 206 g/mol. The Kier molecular flexibility index (Phi) is 3.71. The first kappa shape index (κ1) is 10.8. The van der Waals surface area contributed by atoms with E-state index in [9.17, 15) is 4.79 Å². The van der Waals surface area contributed by atoms with Crippen LogP contribution in [0.4, 0.5) is 0 Å². The first-order valence-corrected chi connectivity index (χ1v) is 4.32. The summed E-state index contributed by atoms with van der Waals surface area (Å²) in [5.74, 6) is -0.0460. The molecule has 1 rings (SSSR count). The van der Waals surface area contributed by atoms with Crippen molar-refractivity contribution in [3.63, 3.8) is 0 Å². The van der Waals surface area contributed by atoms with Gasteiger partial charge in [-0.1, -0.05) is 11.6 Å². The zero-order valence-electron chi connectivity index (χ0n) is 7.91. The number of hydrogen-bond acceptors (Lipinski definition) is 4. The molecule has 76 valence electrons. The third kappa shape index (κ3) is 2.35. The maximum Gasteiger partial charge on any atom is 0.337 e. The second-order valence-corrected chi connectivity index (χ2v) is 2.91. The molecule has 0 aliphatic carbocycles. The molecule has 0 atom stereocenters. The van der Waals surface area contributed by atoms with Crippen LogP contribution in [-0.2, 0) is 14.3 Å². The van der Waals surface area contributed by atoms with Gasteiger partial charge < -0.3 is 9.47 Å². The summed E-state index contributed by atoms with van der Waals surface area (Å²) in [6, 6.07) is 0. The predicted octanol–water partition coefficient (Wildman–Crippen LogP) is 1.61. The van der Waals surface area contributed by atoms with E-state index in [1.807, 2.05) is 0 Å². The molecule has 0 fully saturated rings. The monoisotopic (exact) mass is 215 g/mol. The molecule has 1 heterocycles. The second-order valence-electron chi connectivity index (χ2n) is 2.52. The summed E-state index contributed by atoms with van der Waals surface area (Å²) in [7, 11) is 2.78. The summed E-state index contributed by atoms with van der Waals surface area (Å²) in [5.41, 5.74) is 0.411. The molecule has 0 saturated heterocycles. The molecule has 1 aliphatic heterocycles. The zero-order chi connectivity index (χ0) is 10.6. The number of ether oxygens (including phenoxy) is 2. The van der Waals surface area contributed by atoms with Crippen molar-refractivity contribution in [2.45, 2.75) is 6.42 Å². The van der Waals surface area contributed by atoms with E-state index in [0.29, 0.717) is 17.8 Å². The Balaban J connectivity index is 3.08. The van der Waals surface area contributed by atoms with Crippen molar-refractivity contribution < 1.29 is 14.3 Å². The molecule has 0 aromatic heterocycles. The van der Waals surface area contributed by atoms with Gasteiger partial charge in [0, 0.05) is 18.7 Å². The molecule has 0 N–H and O–H groups in total. The van der Waals surface area contributed by atoms with Crippen molar-refractivity contribution in [3.05, 3.63) is 22.6 Å². The number of rotatable bonds is 2. The van der Waals surface area contributed by atoms with E-state index in [4.69, 9.17) is 16.3 Å². The zero-order valence-corrected chi connectivity index (χ0v) is 8.67. The number of carbonyl (C=O) groups is 1. The van der Waals surface area contributed by atoms with Crippen LogP contribution in [0.5, 0.6) is 0 Å². The number of halogens is 1. The fraction of sp³-hybridized carbons (Fsp3) is 0.333. The highest BCUT2D eigenvalue weighted by molar-refractivity contribution is 6.30. The largest absolute Gasteiger partial charge is 0.496 e. The van der Waals surface area contributed by atoms with Gasteiger partial charge in [0.25, 0.3) is 0 Å². The van der Waals surface area contributed by atoms with Gasteiger partial charge in [-0.05, 0) is 0 Å². The normalized spacial score (nSPS) is 16.1. The van der Waals surface area contributed by atoms with Gasteiger partial charge in [0.1, 0.15) is 10.9 Å². The lowest BCUT2D eigenvalue weighted by Gasteiger charge is -2.06. The van der Waals surface area contributed by atoms with Gasteiger partial charge in [-0.2, -0.15) is 0 Å². The molecule has 0 aromatic rings. The second kappa shape index (κ2) is 4.81. The fourth-order valence-corrected chi connectivity index (χ4v) is 1.21. The fourth-order valence-electron chi connectivity index (χ4n) is 1.05. The maximum atomic E-state index is 11.3. The number of hydrogen-bond donors (Lipinski definition) is 0. The number of nitrogens with zero attached hydrogens (tertiary/aromatic N) is 1. The van der Waals surface area contributed by atoms with Crippen LogP contribution in [0.15, 0.2) is 27.6 Å². The predicted molar refractivity (Wildman–Crippen MR) is 53.1 cm³/mol. The van der Waals surface area contributed by atoms with Gasteiger partial charge in [0.05, 0.1) is 19.8 Å². The number of esters is 1. The highest BCUT2D eigenvalue weighted by Crippen LogP contribution is 2.19. The van der Waals surface area contributed by atoms with E-state index < -0.39 is 5.97 Å². The van der Waals surface area contributed by atoms with E-state index in [0.717, 1.165) is 0 Å². The smallest absolute Gasteiger partial charge is 0.337 e. The van der Waals surface area contributed by atoms with Gasteiger partial charge in [-0.25, -0.2) is 9.79 Å². The Bertz CT molecular complexity index is 331. The van der Waals surface area contributed by atoms with Crippen LogP contribution in [0.25, 0.3) is 0 Å². The standard InChI is InChI=1S/C9H10ClNO3/c1-13-7-5-8(10)11-4-3-6(7)9(12)14-2/h4-5H,3H2,1-2H3. The molecule has 1 aliphatic rings. The lowest BCUT2D eigenvalue weighted by molar-refractivity contribution is -0.136. The van der Waals surface area contributed by atoms with E-state index in [1.54, 1.807) is 0 Å². The minimum Gasteiger partial charge on any atom is -0.496 e. The highest BCUT2D eigenvalue weighted by Gasteiger charge is 2.16. The molecule has 0 spiro atoms. The Labute approximate surface area is 86.9 Å². The summed E-state index contributed by atoms with van der Waals surface area (Å²) >= 11 is 5.70. The molecule has 0 aromatic carbocycles. The molecule has 4 nitrogen and oxygen atoms in total. The van der Waals surface area contributed by atoms with E-state index >= 15 is 0 Å². The van der Waals surface area contributed by atoms with E-state index in [2.05, 4.69) is 9.73 Å². The van der Waals surface area contributed by atoms with Gasteiger partial charge in [-0.3, -0.25) is 0 Å². The van der Waals surface area contributed by atoms with Gasteiger partial charge in [0.2, 0.25) is 0 Å². The van der Waals surface area contributed by atoms with Crippen LogP contribution in [-0.4, -0.2) is 26.4 Å². The minimum absolute atomic E-state index is 0.278. The van der Waals surface area contributed by atoms with Crippen LogP contribution >= 0.6 is 11.6 Å². The van der Waals surface area contributed by atoms with Crippen molar-refractivity contribution >= 4 is 23.8 Å². The average Bonchev–Trinajstić information content (AvgIpc) is 2.38. The Morgan fingerprint density at radius 2 is 2.29 bits per heavy atom. The minimum atomic E-state index is -0.434. The Morgan fingerprint density at radius 3 is 2.86 bits per heavy atom. The number of aliphatic imine (C=N–C) groups is 1. The topological polar surface area (TPSA) is 47.9 Å². The van der Waals surface area contributed by atoms with Crippen LogP contribution in [0.1, 0.15) is 6.42 Å². The van der Waals surface area contributed by atoms with Crippen molar-refractivity contribution in [2.75, 3.05) is 14.2 Å². The number of allylic oxidation sites excluding steroid dienone is 1. The molecule has 14 heavy (non-hydrogen) atoms. The van der Waals surface area contributed by atoms with Crippen molar-refractivity contribution in [1.29, 1.82) is 0 Å². The molecule has 0 unspecified atom stereocenters. The lowest BCUT2D eigenvalue weighted by atomic mass is 10.1. The Hall–Kier alpha value is -1.29. The summed E-state index contributed by atoms with van der Waals surface area (Å²) in [6.07, 6.45) is 3.37. The summed E-state index contributed by atoms with van der Waals surface area (Å²) in [6.45, 7) is 0. The average molecular weight is 216 g/mol. The first-order valence-electron chi connectivity index (χ1n) is 3.94. The maximum absolute atomic E-state index is 11.3. The van der Waals surface area contributed by atoms with Crippen LogP contribution < -0.4 is 0 Å². The quantitative estimate of drug-likeness (QED) is 0.520. The van der Waals surface area contributed by atoms with Crippen molar-refractivity contribution in [2.24, 2.45) is 4.99 Å². The number of methoxy groups -OCH3 is 2. The van der Waals surface area contributed by atoms with Gasteiger partial charge in [0.15, 0.2) is 0 Å². The molecule has 0 amide bonds. The Morgan fingerprint density at radius 1 is 1.57 bits per heavy atom. The third-order valence-corrected chi connectivity index (χ3v) is 1.92. The number of carbonyl (C=O) groups excluding carboxylic acids is 1. The SMILES string of the molecule is COC(=O)C1=C(OC)C=C(Cl)N=CC1. The van der Waals surface area contributed by atoms with Crippen LogP contribution in [0, 0.1) is 0 Å². The lowest BCUT2D eigenvalue weighted by Crippen LogP contribution is -2.08. The molecule has 0 bridgehead atoms. The van der Waals surface area contributed by atoms with Crippen molar-refractivity contribution in [1.82, 2.24) is 0 Å². The third-order valence-electron chi connectivity index (χ3n) is 1.71. The molecule has 0 radical (unpaired) electrons. The van der Waals surface area contributed by atoms with Gasteiger partial charge >= 0.3 is 5.97 Å². The molecule has 5 heteroatoms. The summed E-state index contributed by atoms with van der Waals surface area (Å²) in [4.78, 5) is 15.2. The van der Waals surface area contributed by atoms with Gasteiger partial charge in [-0.15, -0.1) is 0 Å². The van der Waals surface area contributed by atoms with Crippen LogP contribution in [0.3, 0.4) is 0 Å².